The van der Waals surface area contributed by atoms with Gasteiger partial charge in [-0.2, -0.15) is 0 Å². The van der Waals surface area contributed by atoms with Crippen LogP contribution in [0, 0.1) is 11.8 Å². The highest BCUT2D eigenvalue weighted by Crippen LogP contribution is 2.30. The van der Waals surface area contributed by atoms with Crippen LogP contribution >= 0.6 is 0 Å². The summed E-state index contributed by atoms with van der Waals surface area (Å²) in [6.45, 7) is 10.9. The lowest BCUT2D eigenvalue weighted by molar-refractivity contribution is -0.157. The van der Waals surface area contributed by atoms with E-state index < -0.39 is 17.6 Å². The molecule has 2 saturated heterocycles. The fourth-order valence-corrected chi connectivity index (χ4v) is 3.95. The molecule has 0 saturated carbocycles. The predicted octanol–water partition coefficient (Wildman–Crippen LogP) is 2.82. The van der Waals surface area contributed by atoms with Crippen LogP contribution in [0.5, 0.6) is 0 Å². The highest BCUT2D eigenvalue weighted by atomic mass is 16.6. The molecule has 0 bridgehead atoms. The van der Waals surface area contributed by atoms with E-state index in [0.29, 0.717) is 32.7 Å². The Morgan fingerprint density at radius 2 is 1.85 bits per heavy atom. The minimum Gasteiger partial charge on any atom is -0.466 e. The SMILES string of the molecule is CCOC(=O)C1CCN(C(=O)OC(C)(C)C)CC1N1CCCC(CC)C1=O. The summed E-state index contributed by atoms with van der Waals surface area (Å²) in [4.78, 5) is 41.4. The number of amides is 2. The van der Waals surface area contributed by atoms with Gasteiger partial charge in [-0.3, -0.25) is 9.59 Å². The Morgan fingerprint density at radius 3 is 2.44 bits per heavy atom. The molecule has 2 rings (SSSR count). The molecule has 3 unspecified atom stereocenters. The Kier molecular flexibility index (Phi) is 7.12. The number of likely N-dealkylation sites (tertiary alicyclic amines) is 2. The van der Waals surface area contributed by atoms with Crippen LogP contribution in [-0.4, -0.2) is 65.7 Å². The molecule has 0 spiro atoms. The minimum atomic E-state index is -0.585. The summed E-state index contributed by atoms with van der Waals surface area (Å²) in [5.74, 6) is -0.589. The zero-order chi connectivity index (χ0) is 20.2. The molecule has 2 aliphatic rings. The molecule has 27 heavy (non-hydrogen) atoms. The highest BCUT2D eigenvalue weighted by Gasteiger charge is 2.44. The van der Waals surface area contributed by atoms with Crippen LogP contribution in [-0.2, 0) is 19.1 Å². The van der Waals surface area contributed by atoms with Crippen molar-refractivity contribution in [1.82, 2.24) is 9.80 Å². The maximum atomic E-state index is 12.9. The maximum absolute atomic E-state index is 12.9. The van der Waals surface area contributed by atoms with Crippen LogP contribution in [0.15, 0.2) is 0 Å². The molecule has 0 aromatic carbocycles. The van der Waals surface area contributed by atoms with E-state index in [4.69, 9.17) is 9.47 Å². The van der Waals surface area contributed by atoms with E-state index in [9.17, 15) is 14.4 Å². The predicted molar refractivity (Wildman–Crippen MR) is 101 cm³/mol. The van der Waals surface area contributed by atoms with Crippen molar-refractivity contribution in [1.29, 1.82) is 0 Å². The first-order valence-electron chi connectivity index (χ1n) is 10.1. The van der Waals surface area contributed by atoms with Crippen molar-refractivity contribution in [2.45, 2.75) is 71.9 Å². The van der Waals surface area contributed by atoms with Crippen molar-refractivity contribution in [3.05, 3.63) is 0 Å². The smallest absolute Gasteiger partial charge is 0.410 e. The summed E-state index contributed by atoms with van der Waals surface area (Å²) in [5.41, 5.74) is -0.585. The normalized spacial score (nSPS) is 26.7. The van der Waals surface area contributed by atoms with E-state index in [2.05, 4.69) is 0 Å². The number of piperidine rings is 2. The fourth-order valence-electron chi connectivity index (χ4n) is 3.95. The molecule has 0 radical (unpaired) electrons. The lowest BCUT2D eigenvalue weighted by atomic mass is 9.86. The first kappa shape index (κ1) is 21.5. The lowest BCUT2D eigenvalue weighted by Gasteiger charge is -2.45. The number of rotatable bonds is 4. The summed E-state index contributed by atoms with van der Waals surface area (Å²) in [7, 11) is 0. The number of ether oxygens (including phenoxy) is 2. The molecule has 0 N–H and O–H groups in total. The van der Waals surface area contributed by atoms with E-state index >= 15 is 0 Å². The van der Waals surface area contributed by atoms with Gasteiger partial charge in [-0.05, 0) is 53.4 Å². The molecule has 0 aromatic heterocycles. The van der Waals surface area contributed by atoms with Gasteiger partial charge in [0.1, 0.15) is 5.60 Å². The standard InChI is InChI=1S/C20H34N2O5/c1-6-14-9-8-11-22(17(14)23)16-13-21(19(25)27-20(3,4)5)12-10-15(16)18(24)26-7-2/h14-16H,6-13H2,1-5H3. The second-order valence-corrected chi connectivity index (χ2v) is 8.42. The largest absolute Gasteiger partial charge is 0.466 e. The Labute approximate surface area is 162 Å². The molecular weight excluding hydrogens is 348 g/mol. The third-order valence-electron chi connectivity index (χ3n) is 5.30. The molecule has 0 aliphatic carbocycles. The quantitative estimate of drug-likeness (QED) is 0.699. The molecule has 0 aromatic rings. The van der Waals surface area contributed by atoms with Crippen molar-refractivity contribution in [2.24, 2.45) is 11.8 Å². The molecule has 7 nitrogen and oxygen atoms in total. The maximum Gasteiger partial charge on any atom is 0.410 e. The van der Waals surface area contributed by atoms with Gasteiger partial charge >= 0.3 is 12.1 Å². The average Bonchev–Trinajstić information content (AvgIpc) is 2.60. The van der Waals surface area contributed by atoms with Crippen molar-refractivity contribution < 1.29 is 23.9 Å². The molecule has 2 heterocycles. The van der Waals surface area contributed by atoms with Gasteiger partial charge in [0.25, 0.3) is 0 Å². The fraction of sp³-hybridized carbons (Fsp3) is 0.850. The monoisotopic (exact) mass is 382 g/mol. The van der Waals surface area contributed by atoms with Crippen LogP contribution in [0.3, 0.4) is 0 Å². The number of carbonyl (C=O) groups excluding carboxylic acids is 3. The summed E-state index contributed by atoms with van der Waals surface area (Å²) in [6.07, 6.45) is 2.68. The molecular formula is C20H34N2O5. The Bertz CT molecular complexity index is 557. The minimum absolute atomic E-state index is 0.00139. The topological polar surface area (TPSA) is 76.2 Å². The molecule has 2 fully saturated rings. The molecule has 3 atom stereocenters. The van der Waals surface area contributed by atoms with Gasteiger partial charge < -0.3 is 19.3 Å². The van der Waals surface area contributed by atoms with Crippen molar-refractivity contribution in [2.75, 3.05) is 26.2 Å². The van der Waals surface area contributed by atoms with Gasteiger partial charge in [-0.1, -0.05) is 6.92 Å². The van der Waals surface area contributed by atoms with Crippen molar-refractivity contribution in [3.8, 4) is 0 Å². The molecule has 7 heteroatoms. The average molecular weight is 383 g/mol. The van der Waals surface area contributed by atoms with E-state index in [1.54, 1.807) is 11.8 Å². The van der Waals surface area contributed by atoms with Crippen LogP contribution in [0.4, 0.5) is 4.79 Å². The zero-order valence-corrected chi connectivity index (χ0v) is 17.3. The van der Waals surface area contributed by atoms with E-state index in [1.807, 2.05) is 32.6 Å². The summed E-state index contributed by atoms with van der Waals surface area (Å²) in [6, 6.07) is -0.354. The summed E-state index contributed by atoms with van der Waals surface area (Å²) >= 11 is 0. The number of esters is 1. The van der Waals surface area contributed by atoms with Gasteiger partial charge in [0.2, 0.25) is 5.91 Å². The van der Waals surface area contributed by atoms with E-state index in [0.717, 1.165) is 19.3 Å². The molecule has 154 valence electrons. The first-order valence-corrected chi connectivity index (χ1v) is 10.1. The molecule has 2 amide bonds. The second-order valence-electron chi connectivity index (χ2n) is 8.42. The van der Waals surface area contributed by atoms with E-state index in [-0.39, 0.29) is 23.8 Å². The van der Waals surface area contributed by atoms with Crippen LogP contribution in [0.25, 0.3) is 0 Å². The van der Waals surface area contributed by atoms with Gasteiger partial charge in [-0.25, -0.2) is 4.79 Å². The zero-order valence-electron chi connectivity index (χ0n) is 17.3. The number of hydrogen-bond acceptors (Lipinski definition) is 5. The number of carbonyl (C=O) groups is 3. The van der Waals surface area contributed by atoms with Gasteiger partial charge in [0.05, 0.1) is 18.6 Å². The van der Waals surface area contributed by atoms with E-state index in [1.165, 1.54) is 0 Å². The highest BCUT2D eigenvalue weighted by molar-refractivity contribution is 5.82. The van der Waals surface area contributed by atoms with Gasteiger partial charge in [0.15, 0.2) is 0 Å². The summed E-state index contributed by atoms with van der Waals surface area (Å²) < 4.78 is 10.7. The number of nitrogens with zero attached hydrogens (tertiary/aromatic N) is 2. The van der Waals surface area contributed by atoms with Gasteiger partial charge in [-0.15, -0.1) is 0 Å². The Morgan fingerprint density at radius 1 is 1.15 bits per heavy atom. The third kappa shape index (κ3) is 5.36. The second kappa shape index (κ2) is 8.93. The van der Waals surface area contributed by atoms with Crippen LogP contribution < -0.4 is 0 Å². The van der Waals surface area contributed by atoms with Crippen LogP contribution in [0.1, 0.15) is 60.3 Å². The van der Waals surface area contributed by atoms with Crippen molar-refractivity contribution in [3.63, 3.8) is 0 Å². The molecule has 2 aliphatic heterocycles. The third-order valence-corrected chi connectivity index (χ3v) is 5.30. The number of hydrogen-bond donors (Lipinski definition) is 0. The Balaban J connectivity index is 2.20. The summed E-state index contributed by atoms with van der Waals surface area (Å²) in [5, 5.41) is 0. The Hall–Kier alpha value is -1.79. The van der Waals surface area contributed by atoms with Crippen molar-refractivity contribution >= 4 is 18.0 Å². The van der Waals surface area contributed by atoms with Crippen LogP contribution in [0.2, 0.25) is 0 Å². The van der Waals surface area contributed by atoms with Gasteiger partial charge in [0, 0.05) is 25.6 Å². The first-order chi connectivity index (χ1) is 12.7. The lowest BCUT2D eigenvalue weighted by Crippen LogP contribution is -2.60.